The summed E-state index contributed by atoms with van der Waals surface area (Å²) in [7, 11) is 1.45. The van der Waals surface area contributed by atoms with E-state index < -0.39 is 29.9 Å². The van der Waals surface area contributed by atoms with E-state index >= 15 is 0 Å². The summed E-state index contributed by atoms with van der Waals surface area (Å²) in [5.41, 5.74) is 2.73. The number of benzene rings is 4. The number of nitrogens with zero attached hydrogens (tertiary/aromatic N) is 1. The van der Waals surface area contributed by atoms with Crippen LogP contribution in [0.2, 0.25) is 0 Å². The highest BCUT2D eigenvalue weighted by Gasteiger charge is 2.30. The quantitative estimate of drug-likeness (QED) is 0.179. The number of ether oxygens (including phenoxy) is 2. The molecular weight excluding hydrogens is 548 g/mol. The van der Waals surface area contributed by atoms with Crippen LogP contribution in [-0.2, 0) is 21.0 Å². The van der Waals surface area contributed by atoms with Crippen LogP contribution in [0.4, 0.5) is 11.4 Å². The molecule has 4 aromatic carbocycles. The highest BCUT2D eigenvalue weighted by molar-refractivity contribution is 5.95. The number of carboxylic acids is 1. The number of hydrogen-bond acceptors (Lipinski definition) is 7. The second-order valence-electron chi connectivity index (χ2n) is 9.50. The molecule has 4 rings (SSSR count). The Balaban J connectivity index is 1.77. The third kappa shape index (κ3) is 7.89. The molecule has 4 N–H and O–H groups in total. The topological polar surface area (TPSA) is 150 Å². The summed E-state index contributed by atoms with van der Waals surface area (Å²) < 4.78 is 11.6. The standard InChI is InChI=1S/C33H30N4O6/c1-21(38)35-27-18-29(43-20-23-9-5-3-6-10-23)28(42-2)17-26(27)31(36-25-15-13-22(19-34)14-16-25)32(39)37-30(33(40)41)24-11-7-4-8-12-24/h3-18,30-31,36H,20H2,1-2H3,(H,35,38)(H,37,39)(H,40,41)/t30-,31+/m0/s1. The van der Waals surface area contributed by atoms with Gasteiger partial charge in [0, 0.05) is 24.2 Å². The number of aliphatic carboxylic acids is 1. The fourth-order valence-electron chi connectivity index (χ4n) is 4.37. The summed E-state index contributed by atoms with van der Waals surface area (Å²) in [5.74, 6) is -1.72. The van der Waals surface area contributed by atoms with Crippen LogP contribution in [0, 0.1) is 11.3 Å². The Hall–Kier alpha value is -5.82. The van der Waals surface area contributed by atoms with Crippen molar-refractivity contribution in [2.24, 2.45) is 0 Å². The maximum absolute atomic E-state index is 13.9. The minimum Gasteiger partial charge on any atom is -0.493 e. The summed E-state index contributed by atoms with van der Waals surface area (Å²) in [6.45, 7) is 1.55. The second kappa shape index (κ2) is 14.2. The fourth-order valence-corrected chi connectivity index (χ4v) is 4.37. The lowest BCUT2D eigenvalue weighted by molar-refractivity contribution is -0.142. The first kappa shape index (κ1) is 30.1. The zero-order valence-corrected chi connectivity index (χ0v) is 23.5. The molecule has 0 saturated carbocycles. The SMILES string of the molecule is COc1cc([C@@H](Nc2ccc(C#N)cc2)C(=O)N[C@H](C(=O)O)c2ccccc2)c(NC(C)=O)cc1OCc1ccccc1. The van der Waals surface area contributed by atoms with E-state index in [2.05, 4.69) is 16.0 Å². The molecule has 0 aliphatic rings. The van der Waals surface area contributed by atoms with Crippen LogP contribution in [0.1, 0.15) is 41.3 Å². The summed E-state index contributed by atoms with van der Waals surface area (Å²) in [6.07, 6.45) is 0. The Morgan fingerprint density at radius 1 is 0.884 bits per heavy atom. The van der Waals surface area contributed by atoms with Gasteiger partial charge in [0.25, 0.3) is 0 Å². The molecule has 0 aliphatic carbocycles. The Bertz CT molecular complexity index is 1620. The van der Waals surface area contributed by atoms with E-state index in [9.17, 15) is 24.8 Å². The minimum atomic E-state index is -1.35. The van der Waals surface area contributed by atoms with Crippen LogP contribution in [0.25, 0.3) is 0 Å². The molecule has 218 valence electrons. The molecule has 0 unspecified atom stereocenters. The van der Waals surface area contributed by atoms with Crippen molar-refractivity contribution in [3.8, 4) is 17.6 Å². The van der Waals surface area contributed by atoms with E-state index in [1.54, 1.807) is 66.7 Å². The van der Waals surface area contributed by atoms with Gasteiger partial charge in [-0.1, -0.05) is 60.7 Å². The van der Waals surface area contributed by atoms with Gasteiger partial charge in [0.2, 0.25) is 11.8 Å². The van der Waals surface area contributed by atoms with Gasteiger partial charge in [-0.05, 0) is 41.5 Å². The van der Waals surface area contributed by atoms with E-state index in [-0.39, 0.29) is 23.6 Å². The molecule has 4 aromatic rings. The van der Waals surface area contributed by atoms with E-state index in [1.807, 2.05) is 36.4 Å². The molecule has 0 fully saturated rings. The molecule has 0 heterocycles. The maximum Gasteiger partial charge on any atom is 0.330 e. The van der Waals surface area contributed by atoms with Crippen molar-refractivity contribution in [3.63, 3.8) is 0 Å². The summed E-state index contributed by atoms with van der Waals surface area (Å²) in [6, 6.07) is 26.8. The summed E-state index contributed by atoms with van der Waals surface area (Å²) in [5, 5.41) is 27.7. The number of anilines is 2. The van der Waals surface area contributed by atoms with Crippen LogP contribution < -0.4 is 25.4 Å². The van der Waals surface area contributed by atoms with Crippen LogP contribution in [0.3, 0.4) is 0 Å². The number of carbonyl (C=O) groups is 3. The Kier molecular flexibility index (Phi) is 9.95. The molecule has 10 heteroatoms. The van der Waals surface area contributed by atoms with Gasteiger partial charge in [0.15, 0.2) is 17.5 Å². The first-order valence-corrected chi connectivity index (χ1v) is 13.3. The van der Waals surface area contributed by atoms with E-state index in [1.165, 1.54) is 14.0 Å². The van der Waals surface area contributed by atoms with Gasteiger partial charge in [0.1, 0.15) is 12.6 Å². The molecule has 43 heavy (non-hydrogen) atoms. The van der Waals surface area contributed by atoms with Crippen molar-refractivity contribution in [1.29, 1.82) is 5.26 Å². The molecule has 0 aromatic heterocycles. The maximum atomic E-state index is 13.9. The number of rotatable bonds is 12. The molecule has 10 nitrogen and oxygen atoms in total. The van der Waals surface area contributed by atoms with Gasteiger partial charge in [-0.2, -0.15) is 5.26 Å². The predicted molar refractivity (Wildman–Crippen MR) is 161 cm³/mol. The molecule has 0 bridgehead atoms. The lowest BCUT2D eigenvalue weighted by Gasteiger charge is -2.26. The van der Waals surface area contributed by atoms with Gasteiger partial charge >= 0.3 is 5.97 Å². The summed E-state index contributed by atoms with van der Waals surface area (Å²) in [4.78, 5) is 38.4. The highest BCUT2D eigenvalue weighted by Crippen LogP contribution is 2.38. The average molecular weight is 579 g/mol. The first-order chi connectivity index (χ1) is 20.8. The number of hydrogen-bond donors (Lipinski definition) is 4. The Morgan fingerprint density at radius 3 is 2.12 bits per heavy atom. The normalized spacial score (nSPS) is 11.7. The van der Waals surface area contributed by atoms with Crippen molar-refractivity contribution in [2.45, 2.75) is 25.6 Å². The van der Waals surface area contributed by atoms with Crippen molar-refractivity contribution >= 4 is 29.2 Å². The lowest BCUT2D eigenvalue weighted by Crippen LogP contribution is -2.39. The Morgan fingerprint density at radius 2 is 1.53 bits per heavy atom. The van der Waals surface area contributed by atoms with Crippen molar-refractivity contribution in [2.75, 3.05) is 17.7 Å². The van der Waals surface area contributed by atoms with Crippen molar-refractivity contribution in [1.82, 2.24) is 5.32 Å². The lowest BCUT2D eigenvalue weighted by atomic mass is 10.00. The minimum absolute atomic E-state index is 0.223. The molecule has 0 aliphatic heterocycles. The third-order valence-electron chi connectivity index (χ3n) is 6.45. The number of nitriles is 1. The fraction of sp³-hybridized carbons (Fsp3) is 0.152. The number of methoxy groups -OCH3 is 1. The van der Waals surface area contributed by atoms with Crippen LogP contribution in [0.5, 0.6) is 11.5 Å². The molecule has 0 spiro atoms. The second-order valence-corrected chi connectivity index (χ2v) is 9.50. The van der Waals surface area contributed by atoms with E-state index in [0.717, 1.165) is 5.56 Å². The van der Waals surface area contributed by atoms with Gasteiger partial charge < -0.3 is 30.5 Å². The zero-order chi connectivity index (χ0) is 30.8. The largest absolute Gasteiger partial charge is 0.493 e. The highest BCUT2D eigenvalue weighted by atomic mass is 16.5. The number of nitrogens with one attached hydrogen (secondary N) is 3. The van der Waals surface area contributed by atoms with E-state index in [4.69, 9.17) is 9.47 Å². The molecular formula is C33H30N4O6. The number of amides is 2. The molecule has 2 atom stereocenters. The van der Waals surface area contributed by atoms with Crippen molar-refractivity contribution in [3.05, 3.63) is 119 Å². The number of carbonyl (C=O) groups excluding carboxylic acids is 2. The average Bonchev–Trinajstić information content (AvgIpc) is 3.02. The zero-order valence-electron chi connectivity index (χ0n) is 23.5. The van der Waals surface area contributed by atoms with Gasteiger partial charge in [-0.15, -0.1) is 0 Å². The smallest absolute Gasteiger partial charge is 0.330 e. The van der Waals surface area contributed by atoms with E-state index in [0.29, 0.717) is 22.6 Å². The third-order valence-corrected chi connectivity index (χ3v) is 6.45. The van der Waals surface area contributed by atoms with Crippen LogP contribution in [0.15, 0.2) is 97.1 Å². The van der Waals surface area contributed by atoms with Crippen molar-refractivity contribution < 1.29 is 29.0 Å². The summed E-state index contributed by atoms with van der Waals surface area (Å²) >= 11 is 0. The van der Waals surface area contributed by atoms with Gasteiger partial charge in [-0.25, -0.2) is 4.79 Å². The van der Waals surface area contributed by atoms with Gasteiger partial charge in [0.05, 0.1) is 24.4 Å². The van der Waals surface area contributed by atoms with Gasteiger partial charge in [-0.3, -0.25) is 9.59 Å². The molecule has 0 saturated heterocycles. The number of carboxylic acid groups (broad SMARTS) is 1. The van der Waals surface area contributed by atoms with Crippen LogP contribution in [-0.4, -0.2) is 30.0 Å². The molecule has 0 radical (unpaired) electrons. The monoisotopic (exact) mass is 578 g/mol. The first-order valence-electron chi connectivity index (χ1n) is 13.3. The predicted octanol–water partition coefficient (Wildman–Crippen LogP) is 5.20. The Labute approximate surface area is 248 Å². The van der Waals surface area contributed by atoms with Crippen LogP contribution >= 0.6 is 0 Å². The molecule has 2 amide bonds.